The minimum absolute atomic E-state index is 0.220. The van der Waals surface area contributed by atoms with Gasteiger partial charge in [-0.2, -0.15) is 0 Å². The molecular weight excluding hydrogens is 316 g/mol. The Morgan fingerprint density at radius 3 is 2.58 bits per heavy atom. The van der Waals surface area contributed by atoms with Gasteiger partial charge in [0, 0.05) is 44.4 Å². The Morgan fingerprint density at radius 2 is 2.04 bits per heavy atom. The largest absolute Gasteiger partial charge is 0.365 e. The van der Waals surface area contributed by atoms with Crippen LogP contribution in [0.1, 0.15) is 10.4 Å². The predicted octanol–water partition coefficient (Wildman–Crippen LogP) is 1.18. The molecule has 1 saturated heterocycles. The topological polar surface area (TPSA) is 84.1 Å². The summed E-state index contributed by atoms with van der Waals surface area (Å²) in [6.45, 7) is 2.70. The number of rotatable bonds is 5. The van der Waals surface area contributed by atoms with Crippen LogP contribution < -0.4 is 16.0 Å². The fourth-order valence-electron chi connectivity index (χ4n) is 2.60. The molecule has 0 bridgehead atoms. The van der Waals surface area contributed by atoms with Crippen LogP contribution >= 0.6 is 0 Å². The Balaban J connectivity index is 1.89. The van der Waals surface area contributed by atoms with Crippen molar-refractivity contribution < 1.29 is 13.6 Å². The summed E-state index contributed by atoms with van der Waals surface area (Å²) < 4.78 is 27.9. The monoisotopic (exact) mass is 333 g/mol. The Labute approximate surface area is 137 Å². The fraction of sp³-hybridized carbons (Fsp3) is 0.312. The Morgan fingerprint density at radius 1 is 1.38 bits per heavy atom. The average molecular weight is 333 g/mol. The molecule has 8 heteroatoms. The van der Waals surface area contributed by atoms with E-state index >= 15 is 0 Å². The third-order valence-electron chi connectivity index (χ3n) is 3.97. The van der Waals surface area contributed by atoms with Crippen molar-refractivity contribution >= 4 is 11.9 Å². The van der Waals surface area contributed by atoms with Crippen molar-refractivity contribution in [3.63, 3.8) is 0 Å². The molecule has 24 heavy (non-hydrogen) atoms. The van der Waals surface area contributed by atoms with Crippen molar-refractivity contribution in [2.45, 2.75) is 0 Å². The number of carbonyl (C=O) groups is 1. The standard InChI is InChI=1S/C16H17F2N5O/c1-23(8-9-6-20-7-9)16-21-3-2-13(22-16)10-4-11(17)14(15(19)24)12(18)5-10/h2-5,9,20H,6-8H2,1H3,(H2,19,24). The molecule has 1 aromatic heterocycles. The van der Waals surface area contributed by atoms with Crippen molar-refractivity contribution in [1.29, 1.82) is 0 Å². The van der Waals surface area contributed by atoms with E-state index in [9.17, 15) is 13.6 Å². The molecule has 0 unspecified atom stereocenters. The van der Waals surface area contributed by atoms with Crippen LogP contribution in [0.15, 0.2) is 24.4 Å². The lowest BCUT2D eigenvalue weighted by atomic mass is 10.0. The average Bonchev–Trinajstić information content (AvgIpc) is 2.49. The fourth-order valence-corrected chi connectivity index (χ4v) is 2.60. The molecule has 0 aliphatic carbocycles. The lowest BCUT2D eigenvalue weighted by molar-refractivity contribution is 0.0992. The van der Waals surface area contributed by atoms with Crippen molar-refractivity contribution in [3.05, 3.63) is 41.6 Å². The summed E-state index contributed by atoms with van der Waals surface area (Å²) in [6, 6.07) is 3.65. The molecule has 2 aromatic rings. The molecule has 3 N–H and O–H groups in total. The van der Waals surface area contributed by atoms with Gasteiger partial charge in [0.15, 0.2) is 0 Å². The molecule has 0 atom stereocenters. The van der Waals surface area contributed by atoms with Gasteiger partial charge in [0.2, 0.25) is 5.95 Å². The number of anilines is 1. The summed E-state index contributed by atoms with van der Waals surface area (Å²) in [7, 11) is 1.87. The first kappa shape index (κ1) is 16.3. The second-order valence-corrected chi connectivity index (χ2v) is 5.83. The molecule has 2 heterocycles. The molecule has 6 nitrogen and oxygen atoms in total. The van der Waals surface area contributed by atoms with E-state index in [1.165, 1.54) is 6.20 Å². The number of aromatic nitrogens is 2. The maximum Gasteiger partial charge on any atom is 0.254 e. The first-order valence-electron chi connectivity index (χ1n) is 7.50. The highest BCUT2D eigenvalue weighted by molar-refractivity contribution is 5.93. The minimum atomic E-state index is -1.14. The number of hydrogen-bond acceptors (Lipinski definition) is 5. The second-order valence-electron chi connectivity index (χ2n) is 5.83. The minimum Gasteiger partial charge on any atom is -0.365 e. The Bertz CT molecular complexity index is 756. The lowest BCUT2D eigenvalue weighted by Crippen LogP contribution is -2.47. The van der Waals surface area contributed by atoms with Gasteiger partial charge in [-0.25, -0.2) is 18.7 Å². The molecule has 1 aliphatic rings. The van der Waals surface area contributed by atoms with Crippen LogP contribution in [0.4, 0.5) is 14.7 Å². The van der Waals surface area contributed by atoms with Crippen molar-refractivity contribution in [3.8, 4) is 11.3 Å². The predicted molar refractivity (Wildman–Crippen MR) is 85.5 cm³/mol. The highest BCUT2D eigenvalue weighted by atomic mass is 19.1. The Hall–Kier alpha value is -2.61. The van der Waals surface area contributed by atoms with Gasteiger partial charge in [0.05, 0.1) is 5.69 Å². The van der Waals surface area contributed by atoms with Gasteiger partial charge in [-0.1, -0.05) is 0 Å². The molecular formula is C16H17F2N5O. The van der Waals surface area contributed by atoms with E-state index in [4.69, 9.17) is 5.73 Å². The van der Waals surface area contributed by atoms with Crippen molar-refractivity contribution in [2.75, 3.05) is 31.6 Å². The summed E-state index contributed by atoms with van der Waals surface area (Å²) in [5.74, 6) is -2.15. The van der Waals surface area contributed by atoms with Gasteiger partial charge in [-0.3, -0.25) is 4.79 Å². The molecule has 126 valence electrons. The highest BCUT2D eigenvalue weighted by Gasteiger charge is 2.21. The third-order valence-corrected chi connectivity index (χ3v) is 3.97. The molecule has 3 rings (SSSR count). The third kappa shape index (κ3) is 3.18. The molecule has 1 aromatic carbocycles. The van der Waals surface area contributed by atoms with E-state index in [-0.39, 0.29) is 5.56 Å². The summed E-state index contributed by atoms with van der Waals surface area (Å²) in [6.07, 6.45) is 1.53. The summed E-state index contributed by atoms with van der Waals surface area (Å²) in [5.41, 5.74) is 4.82. The van der Waals surface area contributed by atoms with Gasteiger partial charge in [0.1, 0.15) is 17.2 Å². The molecule has 0 spiro atoms. The zero-order valence-electron chi connectivity index (χ0n) is 13.1. The van der Waals surface area contributed by atoms with Gasteiger partial charge >= 0.3 is 0 Å². The van der Waals surface area contributed by atoms with E-state index in [1.807, 2.05) is 11.9 Å². The van der Waals surface area contributed by atoms with Crippen LogP contribution in [0.25, 0.3) is 11.3 Å². The maximum absolute atomic E-state index is 13.9. The number of carbonyl (C=O) groups excluding carboxylic acids is 1. The molecule has 1 aliphatic heterocycles. The first-order valence-corrected chi connectivity index (χ1v) is 7.50. The molecule has 0 radical (unpaired) electrons. The van der Waals surface area contributed by atoms with Gasteiger partial charge in [-0.05, 0) is 18.2 Å². The number of benzene rings is 1. The second kappa shape index (κ2) is 6.48. The van der Waals surface area contributed by atoms with Crippen LogP contribution in [0, 0.1) is 17.6 Å². The Kier molecular flexibility index (Phi) is 4.39. The van der Waals surface area contributed by atoms with Gasteiger partial charge in [-0.15, -0.1) is 0 Å². The van der Waals surface area contributed by atoms with Crippen LogP contribution in [0.5, 0.6) is 0 Å². The highest BCUT2D eigenvalue weighted by Crippen LogP contribution is 2.24. The molecule has 0 saturated carbocycles. The van der Waals surface area contributed by atoms with E-state index in [1.54, 1.807) is 6.07 Å². The van der Waals surface area contributed by atoms with E-state index in [0.717, 1.165) is 31.8 Å². The molecule has 1 fully saturated rings. The zero-order valence-corrected chi connectivity index (χ0v) is 13.1. The van der Waals surface area contributed by atoms with Crippen LogP contribution in [0.2, 0.25) is 0 Å². The number of nitrogens with two attached hydrogens (primary N) is 1. The van der Waals surface area contributed by atoms with Crippen LogP contribution in [-0.4, -0.2) is 42.6 Å². The number of primary amides is 1. The normalized spacial score (nSPS) is 14.3. The quantitative estimate of drug-likeness (QED) is 0.858. The first-order chi connectivity index (χ1) is 11.5. The SMILES string of the molecule is CN(CC1CNC1)c1nccc(-c2cc(F)c(C(N)=O)c(F)c2)n1. The number of nitrogens with zero attached hydrogens (tertiary/aromatic N) is 3. The van der Waals surface area contributed by atoms with E-state index < -0.39 is 23.1 Å². The van der Waals surface area contributed by atoms with Crippen molar-refractivity contribution in [2.24, 2.45) is 11.7 Å². The summed E-state index contributed by atoms with van der Waals surface area (Å²) in [4.78, 5) is 21.5. The van der Waals surface area contributed by atoms with Crippen molar-refractivity contribution in [1.82, 2.24) is 15.3 Å². The maximum atomic E-state index is 13.9. The smallest absolute Gasteiger partial charge is 0.254 e. The summed E-state index contributed by atoms with van der Waals surface area (Å²) in [5, 5.41) is 3.19. The zero-order chi connectivity index (χ0) is 17.3. The van der Waals surface area contributed by atoms with Gasteiger partial charge in [0.25, 0.3) is 5.91 Å². The number of halogens is 2. The lowest BCUT2D eigenvalue weighted by Gasteiger charge is -2.31. The van der Waals surface area contributed by atoms with Crippen LogP contribution in [0.3, 0.4) is 0 Å². The van der Waals surface area contributed by atoms with Crippen LogP contribution in [-0.2, 0) is 0 Å². The number of nitrogens with one attached hydrogen (secondary N) is 1. The number of hydrogen-bond donors (Lipinski definition) is 2. The number of amides is 1. The van der Waals surface area contributed by atoms with E-state index in [0.29, 0.717) is 17.6 Å². The van der Waals surface area contributed by atoms with E-state index in [2.05, 4.69) is 15.3 Å². The van der Waals surface area contributed by atoms with Gasteiger partial charge < -0.3 is 16.0 Å². The molecule has 1 amide bonds. The summed E-state index contributed by atoms with van der Waals surface area (Å²) >= 11 is 0.